The molecule has 2 atom stereocenters. The topological polar surface area (TPSA) is 83.7 Å². The molecule has 1 aliphatic rings. The summed E-state index contributed by atoms with van der Waals surface area (Å²) in [6.07, 6.45) is -9.89. The molecule has 12 heteroatoms. The molecule has 1 heterocycles. The van der Waals surface area contributed by atoms with Crippen LogP contribution in [-0.2, 0) is 33.3 Å². The standard InChI is InChI=1S/C25H25F6N3O3/c1-14-4-3-5-16(8-14)20-13-34(23(37)21(32)35)7-6-19(20)22(36)33(2)12-15-9-17(24(26,27)28)11-18(10-15)25(29,30)31/h3-5,8-11,19-20H,6-7,12-13H2,1-2H3,(H2,32,35)/t19-,20+/m1/s1. The summed E-state index contributed by atoms with van der Waals surface area (Å²) >= 11 is 0. The number of benzene rings is 2. The maximum atomic E-state index is 13.4. The number of halogens is 6. The summed E-state index contributed by atoms with van der Waals surface area (Å²) in [6.45, 7) is 1.37. The van der Waals surface area contributed by atoms with Crippen LogP contribution >= 0.6 is 0 Å². The highest BCUT2D eigenvalue weighted by Gasteiger charge is 2.40. The van der Waals surface area contributed by atoms with E-state index < -0.39 is 59.6 Å². The van der Waals surface area contributed by atoms with Gasteiger partial charge in [0.2, 0.25) is 5.91 Å². The SMILES string of the molecule is Cc1cccc([C@@H]2CN(C(=O)C(N)=O)CC[C@H]2C(=O)N(C)Cc2cc(C(F)(F)F)cc(C(F)(F)F)c2)c1. The molecule has 2 N–H and O–H groups in total. The van der Waals surface area contributed by atoms with E-state index in [-0.39, 0.29) is 31.1 Å². The molecule has 37 heavy (non-hydrogen) atoms. The first-order valence-corrected chi connectivity index (χ1v) is 11.3. The van der Waals surface area contributed by atoms with Crippen molar-refractivity contribution in [3.05, 3.63) is 70.3 Å². The Balaban J connectivity index is 1.91. The van der Waals surface area contributed by atoms with Crippen LogP contribution in [0.25, 0.3) is 0 Å². The number of nitrogens with two attached hydrogens (primary N) is 1. The first-order chi connectivity index (χ1) is 17.1. The van der Waals surface area contributed by atoms with E-state index in [1.165, 1.54) is 11.9 Å². The zero-order valence-electron chi connectivity index (χ0n) is 20.0. The molecule has 0 spiro atoms. The van der Waals surface area contributed by atoms with E-state index in [4.69, 9.17) is 5.73 Å². The third-order valence-corrected chi connectivity index (χ3v) is 6.34. The Labute approximate surface area is 209 Å². The quantitative estimate of drug-likeness (QED) is 0.478. The van der Waals surface area contributed by atoms with Crippen LogP contribution in [-0.4, -0.2) is 47.7 Å². The van der Waals surface area contributed by atoms with Crippen molar-refractivity contribution in [2.24, 2.45) is 11.7 Å². The van der Waals surface area contributed by atoms with Crippen molar-refractivity contribution < 1.29 is 40.7 Å². The third kappa shape index (κ3) is 6.60. The van der Waals surface area contributed by atoms with Crippen molar-refractivity contribution in [1.82, 2.24) is 9.80 Å². The minimum Gasteiger partial charge on any atom is -0.361 e. The summed E-state index contributed by atoms with van der Waals surface area (Å²) in [5.41, 5.74) is 3.44. The lowest BCUT2D eigenvalue weighted by molar-refractivity contribution is -0.147. The summed E-state index contributed by atoms with van der Waals surface area (Å²) in [6, 6.07) is 8.35. The Morgan fingerprint density at radius 3 is 2.11 bits per heavy atom. The lowest BCUT2D eigenvalue weighted by Crippen LogP contribution is -2.50. The van der Waals surface area contributed by atoms with Gasteiger partial charge in [-0.05, 0) is 42.7 Å². The predicted octanol–water partition coefficient (Wildman–Crippen LogP) is 4.11. The van der Waals surface area contributed by atoms with Crippen LogP contribution < -0.4 is 5.73 Å². The maximum Gasteiger partial charge on any atom is 0.416 e. The average molecular weight is 529 g/mol. The minimum atomic E-state index is -5.01. The maximum absolute atomic E-state index is 13.4. The van der Waals surface area contributed by atoms with Gasteiger partial charge in [-0.25, -0.2) is 0 Å². The van der Waals surface area contributed by atoms with Gasteiger partial charge in [0.25, 0.3) is 0 Å². The summed E-state index contributed by atoms with van der Waals surface area (Å²) in [5, 5.41) is 0. The second kappa shape index (κ2) is 10.4. The van der Waals surface area contributed by atoms with E-state index in [0.29, 0.717) is 17.7 Å². The van der Waals surface area contributed by atoms with E-state index in [1.807, 2.05) is 19.1 Å². The zero-order chi connectivity index (χ0) is 27.7. The summed E-state index contributed by atoms with van der Waals surface area (Å²) in [4.78, 5) is 39.4. The number of rotatable bonds is 4. The van der Waals surface area contributed by atoms with E-state index in [2.05, 4.69) is 0 Å². The van der Waals surface area contributed by atoms with Crippen molar-refractivity contribution in [3.8, 4) is 0 Å². The van der Waals surface area contributed by atoms with Crippen molar-refractivity contribution >= 4 is 17.7 Å². The van der Waals surface area contributed by atoms with Crippen LogP contribution in [0.5, 0.6) is 0 Å². The van der Waals surface area contributed by atoms with Gasteiger partial charge in [-0.1, -0.05) is 29.8 Å². The van der Waals surface area contributed by atoms with Gasteiger partial charge in [0, 0.05) is 38.5 Å². The zero-order valence-corrected chi connectivity index (χ0v) is 20.0. The summed E-state index contributed by atoms with van der Waals surface area (Å²) < 4.78 is 79.4. The molecule has 1 aliphatic heterocycles. The highest BCUT2D eigenvalue weighted by atomic mass is 19.4. The first kappa shape index (κ1) is 28.0. The summed E-state index contributed by atoms with van der Waals surface area (Å²) in [5.74, 6) is -3.87. The molecule has 1 saturated heterocycles. The molecule has 2 aromatic carbocycles. The Morgan fingerprint density at radius 1 is 1.00 bits per heavy atom. The highest BCUT2D eigenvalue weighted by Crippen LogP contribution is 2.38. The van der Waals surface area contributed by atoms with Crippen molar-refractivity contribution in [3.63, 3.8) is 0 Å². The first-order valence-electron chi connectivity index (χ1n) is 11.3. The number of carbonyl (C=O) groups excluding carboxylic acids is 3. The third-order valence-electron chi connectivity index (χ3n) is 6.34. The Bertz CT molecular complexity index is 1160. The second-order valence-corrected chi connectivity index (χ2v) is 9.14. The minimum absolute atomic E-state index is 0.00272. The number of carbonyl (C=O) groups is 3. The lowest BCUT2D eigenvalue weighted by atomic mass is 9.79. The average Bonchev–Trinajstić information content (AvgIpc) is 2.81. The fourth-order valence-corrected chi connectivity index (χ4v) is 4.57. The number of hydrogen-bond donors (Lipinski definition) is 1. The van der Waals surface area contributed by atoms with Gasteiger partial charge in [0.05, 0.1) is 11.1 Å². The van der Waals surface area contributed by atoms with Crippen molar-refractivity contribution in [1.29, 1.82) is 0 Å². The van der Waals surface area contributed by atoms with Gasteiger partial charge >= 0.3 is 24.2 Å². The Morgan fingerprint density at radius 2 is 1.59 bits per heavy atom. The fraction of sp³-hybridized carbons (Fsp3) is 0.400. The van der Waals surface area contributed by atoms with E-state index in [9.17, 15) is 40.7 Å². The molecular formula is C25H25F6N3O3. The van der Waals surface area contributed by atoms with Gasteiger partial charge in [-0.2, -0.15) is 26.3 Å². The number of hydrogen-bond acceptors (Lipinski definition) is 3. The molecule has 6 nitrogen and oxygen atoms in total. The van der Waals surface area contributed by atoms with Crippen LogP contribution in [0.4, 0.5) is 26.3 Å². The normalized spacial score (nSPS) is 18.4. The molecule has 0 radical (unpaired) electrons. The predicted molar refractivity (Wildman–Crippen MR) is 121 cm³/mol. The number of primary amides is 1. The smallest absolute Gasteiger partial charge is 0.361 e. The number of likely N-dealkylation sites (tertiary alicyclic amines) is 1. The molecule has 1 fully saturated rings. The molecule has 0 aromatic heterocycles. The van der Waals surface area contributed by atoms with Crippen molar-refractivity contribution in [2.75, 3.05) is 20.1 Å². The van der Waals surface area contributed by atoms with Gasteiger partial charge in [-0.3, -0.25) is 14.4 Å². The van der Waals surface area contributed by atoms with E-state index >= 15 is 0 Å². The molecule has 200 valence electrons. The molecule has 0 unspecified atom stereocenters. The van der Waals surface area contributed by atoms with Gasteiger partial charge in [0.15, 0.2) is 0 Å². The van der Waals surface area contributed by atoms with E-state index in [1.54, 1.807) is 12.1 Å². The monoisotopic (exact) mass is 529 g/mol. The van der Waals surface area contributed by atoms with Gasteiger partial charge in [-0.15, -0.1) is 0 Å². The van der Waals surface area contributed by atoms with Crippen LogP contribution in [0.1, 0.15) is 40.2 Å². The largest absolute Gasteiger partial charge is 0.416 e. The van der Waals surface area contributed by atoms with Crippen molar-refractivity contribution in [2.45, 2.75) is 38.2 Å². The lowest BCUT2D eigenvalue weighted by Gasteiger charge is -2.39. The fourth-order valence-electron chi connectivity index (χ4n) is 4.57. The van der Waals surface area contributed by atoms with Gasteiger partial charge < -0.3 is 15.5 Å². The molecule has 0 bridgehead atoms. The molecule has 2 aromatic rings. The molecule has 3 rings (SSSR count). The number of piperidine rings is 1. The molecule has 3 amide bonds. The number of nitrogens with zero attached hydrogens (tertiary/aromatic N) is 2. The highest BCUT2D eigenvalue weighted by molar-refractivity contribution is 6.34. The van der Waals surface area contributed by atoms with Crippen LogP contribution in [0, 0.1) is 12.8 Å². The van der Waals surface area contributed by atoms with Crippen LogP contribution in [0.2, 0.25) is 0 Å². The van der Waals surface area contributed by atoms with Crippen LogP contribution in [0.3, 0.4) is 0 Å². The number of alkyl halides is 6. The second-order valence-electron chi connectivity index (χ2n) is 9.14. The summed E-state index contributed by atoms with van der Waals surface area (Å²) in [7, 11) is 1.30. The van der Waals surface area contributed by atoms with Crippen LogP contribution in [0.15, 0.2) is 42.5 Å². The Hall–Kier alpha value is -3.57. The number of aryl methyl sites for hydroxylation is 1. The molecule has 0 saturated carbocycles. The molecule has 0 aliphatic carbocycles. The van der Waals surface area contributed by atoms with Gasteiger partial charge in [0.1, 0.15) is 0 Å². The number of amides is 3. The molecular weight excluding hydrogens is 504 g/mol. The Kier molecular flexibility index (Phi) is 7.89. The van der Waals surface area contributed by atoms with E-state index in [0.717, 1.165) is 10.5 Å².